The predicted molar refractivity (Wildman–Crippen MR) is 104 cm³/mol. The van der Waals surface area contributed by atoms with Crippen molar-refractivity contribution in [1.29, 1.82) is 0 Å². The quantitative estimate of drug-likeness (QED) is 0.888. The first-order chi connectivity index (χ1) is 13.2. The largest absolute Gasteiger partial charge is 0.486 e. The lowest BCUT2D eigenvalue weighted by atomic mass is 10.1. The van der Waals surface area contributed by atoms with E-state index < -0.39 is 0 Å². The fourth-order valence-electron chi connectivity index (χ4n) is 3.27. The van der Waals surface area contributed by atoms with Crippen LogP contribution in [0.3, 0.4) is 0 Å². The maximum atomic E-state index is 12.3. The van der Waals surface area contributed by atoms with Crippen molar-refractivity contribution in [2.24, 2.45) is 0 Å². The SMILES string of the molecule is CN1CCN(c2ccc(NC(=O)Cc3ccc4c(c3)OCCO4)cn2)CC1. The van der Waals surface area contributed by atoms with Crippen LogP contribution < -0.4 is 19.7 Å². The molecule has 1 N–H and O–H groups in total. The van der Waals surface area contributed by atoms with Gasteiger partial charge in [-0.15, -0.1) is 0 Å². The van der Waals surface area contributed by atoms with Gasteiger partial charge in [-0.25, -0.2) is 4.98 Å². The summed E-state index contributed by atoms with van der Waals surface area (Å²) < 4.78 is 11.1. The second-order valence-corrected chi connectivity index (χ2v) is 6.90. The van der Waals surface area contributed by atoms with Gasteiger partial charge in [0.25, 0.3) is 0 Å². The van der Waals surface area contributed by atoms with E-state index in [0.717, 1.165) is 43.3 Å². The van der Waals surface area contributed by atoms with Crippen molar-refractivity contribution in [2.75, 3.05) is 56.7 Å². The first kappa shape index (κ1) is 17.6. The lowest BCUT2D eigenvalue weighted by molar-refractivity contribution is -0.115. The Balaban J connectivity index is 1.34. The van der Waals surface area contributed by atoms with Crippen molar-refractivity contribution in [3.05, 3.63) is 42.1 Å². The minimum Gasteiger partial charge on any atom is -0.486 e. The zero-order valence-corrected chi connectivity index (χ0v) is 15.5. The van der Waals surface area contributed by atoms with Crippen LogP contribution in [0.1, 0.15) is 5.56 Å². The van der Waals surface area contributed by atoms with Gasteiger partial charge in [-0.05, 0) is 36.9 Å². The van der Waals surface area contributed by atoms with Crippen LogP contribution in [-0.4, -0.2) is 62.2 Å². The van der Waals surface area contributed by atoms with Crippen LogP contribution in [0.5, 0.6) is 11.5 Å². The summed E-state index contributed by atoms with van der Waals surface area (Å²) in [6.07, 6.45) is 1.99. The Morgan fingerprint density at radius 1 is 1.07 bits per heavy atom. The molecule has 7 nitrogen and oxygen atoms in total. The maximum absolute atomic E-state index is 12.3. The lowest BCUT2D eigenvalue weighted by Gasteiger charge is -2.33. The molecule has 0 aliphatic carbocycles. The van der Waals surface area contributed by atoms with E-state index in [0.29, 0.717) is 24.7 Å². The van der Waals surface area contributed by atoms with Crippen LogP contribution in [0.4, 0.5) is 11.5 Å². The molecule has 1 aromatic heterocycles. The third-order valence-corrected chi connectivity index (χ3v) is 4.83. The molecule has 2 aromatic rings. The second-order valence-electron chi connectivity index (χ2n) is 6.90. The molecule has 0 spiro atoms. The molecule has 4 rings (SSSR count). The Hall–Kier alpha value is -2.80. The molecule has 0 unspecified atom stereocenters. The van der Waals surface area contributed by atoms with E-state index in [2.05, 4.69) is 27.1 Å². The molecule has 1 aromatic carbocycles. The van der Waals surface area contributed by atoms with E-state index >= 15 is 0 Å². The van der Waals surface area contributed by atoms with Gasteiger partial charge in [-0.3, -0.25) is 4.79 Å². The number of nitrogens with zero attached hydrogens (tertiary/aromatic N) is 3. The summed E-state index contributed by atoms with van der Waals surface area (Å²) >= 11 is 0. The Kier molecular flexibility index (Phi) is 5.11. The molecule has 1 fully saturated rings. The van der Waals surface area contributed by atoms with Gasteiger partial charge in [0.1, 0.15) is 19.0 Å². The molecule has 1 amide bonds. The number of fused-ring (bicyclic) bond motifs is 1. The summed E-state index contributed by atoms with van der Waals surface area (Å²) in [5.74, 6) is 2.30. The number of hydrogen-bond acceptors (Lipinski definition) is 6. The molecule has 0 saturated carbocycles. The molecule has 0 atom stereocenters. The number of ether oxygens (including phenoxy) is 2. The molecule has 3 heterocycles. The highest BCUT2D eigenvalue weighted by Gasteiger charge is 2.16. The molecule has 142 valence electrons. The number of rotatable bonds is 4. The van der Waals surface area contributed by atoms with Crippen molar-refractivity contribution < 1.29 is 14.3 Å². The van der Waals surface area contributed by atoms with Crippen LogP contribution in [-0.2, 0) is 11.2 Å². The summed E-state index contributed by atoms with van der Waals surface area (Å²) in [5, 5.41) is 2.91. The highest BCUT2D eigenvalue weighted by molar-refractivity contribution is 5.92. The molecule has 7 heteroatoms. The van der Waals surface area contributed by atoms with Crippen LogP contribution in [0.15, 0.2) is 36.5 Å². The van der Waals surface area contributed by atoms with Crippen LogP contribution in [0.25, 0.3) is 0 Å². The molecule has 1 saturated heterocycles. The lowest BCUT2D eigenvalue weighted by Crippen LogP contribution is -2.44. The minimum absolute atomic E-state index is 0.0826. The molecule has 27 heavy (non-hydrogen) atoms. The Labute approximate surface area is 158 Å². The summed E-state index contributed by atoms with van der Waals surface area (Å²) in [6, 6.07) is 9.47. The highest BCUT2D eigenvalue weighted by Crippen LogP contribution is 2.30. The number of likely N-dealkylation sites (N-methyl/N-ethyl adjacent to an activating group) is 1. The molecular weight excluding hydrogens is 344 g/mol. The third kappa shape index (κ3) is 4.31. The minimum atomic E-state index is -0.0826. The summed E-state index contributed by atoms with van der Waals surface area (Å²) in [6.45, 7) is 5.11. The fourth-order valence-corrected chi connectivity index (χ4v) is 3.27. The van der Waals surface area contributed by atoms with Gasteiger partial charge in [-0.2, -0.15) is 0 Å². The topological polar surface area (TPSA) is 66.9 Å². The second kappa shape index (κ2) is 7.84. The summed E-state index contributed by atoms with van der Waals surface area (Å²) in [4.78, 5) is 21.4. The Bertz CT molecular complexity index is 801. The van der Waals surface area contributed by atoms with Gasteiger partial charge in [0.2, 0.25) is 5.91 Å². The van der Waals surface area contributed by atoms with Crippen molar-refractivity contribution in [2.45, 2.75) is 6.42 Å². The number of pyridine rings is 1. The van der Waals surface area contributed by atoms with Crippen LogP contribution in [0, 0.1) is 0 Å². The van der Waals surface area contributed by atoms with Crippen molar-refractivity contribution in [3.63, 3.8) is 0 Å². The molecule has 0 radical (unpaired) electrons. The number of nitrogens with one attached hydrogen (secondary N) is 1. The van der Waals surface area contributed by atoms with Crippen molar-refractivity contribution in [1.82, 2.24) is 9.88 Å². The number of carbonyl (C=O) groups excluding carboxylic acids is 1. The number of benzene rings is 1. The van der Waals surface area contributed by atoms with Gasteiger partial charge < -0.3 is 24.6 Å². The molecule has 0 bridgehead atoms. The first-order valence-corrected chi connectivity index (χ1v) is 9.25. The molecule has 2 aliphatic rings. The maximum Gasteiger partial charge on any atom is 0.228 e. The van der Waals surface area contributed by atoms with E-state index in [1.165, 1.54) is 0 Å². The van der Waals surface area contributed by atoms with E-state index in [-0.39, 0.29) is 12.3 Å². The Morgan fingerprint density at radius 3 is 2.59 bits per heavy atom. The standard InChI is InChI=1S/C20H24N4O3/c1-23-6-8-24(9-7-23)19-5-3-16(14-21-19)22-20(25)13-15-2-4-17-18(12-15)27-11-10-26-17/h2-5,12,14H,6-11,13H2,1H3,(H,22,25). The van der Waals surface area contributed by atoms with E-state index in [4.69, 9.17) is 9.47 Å². The average Bonchev–Trinajstić information content (AvgIpc) is 2.69. The van der Waals surface area contributed by atoms with E-state index in [1.54, 1.807) is 6.20 Å². The number of anilines is 2. The van der Waals surface area contributed by atoms with Crippen molar-refractivity contribution >= 4 is 17.4 Å². The fraction of sp³-hybridized carbons (Fsp3) is 0.400. The number of piperazine rings is 1. The summed E-state index contributed by atoms with van der Waals surface area (Å²) in [5.41, 5.74) is 1.59. The monoisotopic (exact) mass is 368 g/mol. The Morgan fingerprint density at radius 2 is 1.85 bits per heavy atom. The predicted octanol–water partition coefficient (Wildman–Crippen LogP) is 1.79. The van der Waals surface area contributed by atoms with Gasteiger partial charge in [0, 0.05) is 26.2 Å². The first-order valence-electron chi connectivity index (χ1n) is 9.25. The van der Waals surface area contributed by atoms with Gasteiger partial charge >= 0.3 is 0 Å². The number of carbonyl (C=O) groups is 1. The van der Waals surface area contributed by atoms with Crippen LogP contribution in [0.2, 0.25) is 0 Å². The smallest absolute Gasteiger partial charge is 0.228 e. The van der Waals surface area contributed by atoms with Gasteiger partial charge in [0.05, 0.1) is 18.3 Å². The van der Waals surface area contributed by atoms with E-state index in [1.807, 2.05) is 30.3 Å². The molecular formula is C20H24N4O3. The summed E-state index contributed by atoms with van der Waals surface area (Å²) in [7, 11) is 2.13. The molecule has 2 aliphatic heterocycles. The number of amides is 1. The zero-order chi connectivity index (χ0) is 18.6. The normalized spacial score (nSPS) is 16.9. The number of aromatic nitrogens is 1. The van der Waals surface area contributed by atoms with E-state index in [9.17, 15) is 4.79 Å². The van der Waals surface area contributed by atoms with Crippen molar-refractivity contribution in [3.8, 4) is 11.5 Å². The van der Waals surface area contributed by atoms with Crippen LogP contribution >= 0.6 is 0 Å². The number of hydrogen-bond donors (Lipinski definition) is 1. The van der Waals surface area contributed by atoms with Gasteiger partial charge in [0.15, 0.2) is 11.5 Å². The average molecular weight is 368 g/mol. The van der Waals surface area contributed by atoms with Gasteiger partial charge in [-0.1, -0.05) is 6.07 Å². The zero-order valence-electron chi connectivity index (χ0n) is 15.5. The third-order valence-electron chi connectivity index (χ3n) is 4.83. The highest BCUT2D eigenvalue weighted by atomic mass is 16.6.